The van der Waals surface area contributed by atoms with Gasteiger partial charge in [-0.1, -0.05) is 23.7 Å². The summed E-state index contributed by atoms with van der Waals surface area (Å²) in [5, 5.41) is 0.680. The summed E-state index contributed by atoms with van der Waals surface area (Å²) < 4.78 is 3.67. The molecule has 0 bridgehead atoms. The van der Waals surface area contributed by atoms with Gasteiger partial charge in [-0.15, -0.1) is 0 Å². The highest BCUT2D eigenvalue weighted by molar-refractivity contribution is 6.30. The van der Waals surface area contributed by atoms with E-state index in [9.17, 15) is 4.79 Å². The minimum absolute atomic E-state index is 0.0636. The van der Waals surface area contributed by atoms with Gasteiger partial charge in [0.05, 0.1) is 5.69 Å². The molecule has 0 saturated heterocycles. The minimum Gasteiger partial charge on any atom is -0.314 e. The molecule has 5 nitrogen and oxygen atoms in total. The lowest BCUT2D eigenvalue weighted by Crippen LogP contribution is -2.24. The summed E-state index contributed by atoms with van der Waals surface area (Å²) in [6, 6.07) is 9.11. The van der Waals surface area contributed by atoms with Crippen LogP contribution in [0, 0.1) is 6.92 Å². The second-order valence-corrected chi connectivity index (χ2v) is 6.32. The Morgan fingerprint density at radius 1 is 1.22 bits per heavy atom. The lowest BCUT2D eigenvalue weighted by molar-refractivity contribution is 0.383. The molecule has 0 aliphatic rings. The fourth-order valence-electron chi connectivity index (χ4n) is 2.54. The van der Waals surface area contributed by atoms with Crippen molar-refractivity contribution in [3.63, 3.8) is 0 Å². The molecule has 0 fully saturated rings. The van der Waals surface area contributed by atoms with E-state index in [4.69, 9.17) is 11.6 Å². The molecular formula is C17H19ClN4O. The average Bonchev–Trinajstić information content (AvgIpc) is 2.93. The Morgan fingerprint density at radius 2 is 1.91 bits per heavy atom. The Bertz CT molecular complexity index is 893. The van der Waals surface area contributed by atoms with E-state index in [1.54, 1.807) is 16.7 Å². The number of likely N-dealkylation sites (N-methyl/N-ethyl adjacent to an activating group) is 1. The molecule has 120 valence electrons. The van der Waals surface area contributed by atoms with Crippen LogP contribution in [0.2, 0.25) is 5.02 Å². The summed E-state index contributed by atoms with van der Waals surface area (Å²) in [4.78, 5) is 19.1. The largest absolute Gasteiger partial charge is 0.314 e. The number of aromatic nitrogens is 3. The van der Waals surface area contributed by atoms with Crippen LogP contribution in [0.1, 0.15) is 5.69 Å². The molecule has 3 rings (SSSR count). The van der Waals surface area contributed by atoms with Gasteiger partial charge in [-0.05, 0) is 33.2 Å². The van der Waals surface area contributed by atoms with E-state index in [0.29, 0.717) is 10.8 Å². The molecule has 6 heteroatoms. The lowest BCUT2D eigenvalue weighted by atomic mass is 10.2. The molecule has 0 N–H and O–H groups in total. The first-order valence-corrected chi connectivity index (χ1v) is 7.84. The van der Waals surface area contributed by atoms with Crippen molar-refractivity contribution in [2.75, 3.05) is 20.6 Å². The first-order valence-electron chi connectivity index (χ1n) is 7.46. The lowest BCUT2D eigenvalue weighted by Gasteiger charge is -2.15. The molecule has 0 radical (unpaired) electrons. The summed E-state index contributed by atoms with van der Waals surface area (Å²) in [6.07, 6.45) is 1.78. The Labute approximate surface area is 139 Å². The summed E-state index contributed by atoms with van der Waals surface area (Å²) in [5.41, 5.74) is 2.56. The summed E-state index contributed by atoms with van der Waals surface area (Å²) >= 11 is 5.94. The van der Waals surface area contributed by atoms with E-state index in [1.807, 2.05) is 45.3 Å². The van der Waals surface area contributed by atoms with Crippen LogP contribution in [0.5, 0.6) is 0 Å². The monoisotopic (exact) mass is 330 g/mol. The van der Waals surface area contributed by atoms with E-state index < -0.39 is 0 Å². The van der Waals surface area contributed by atoms with E-state index in [1.165, 1.54) is 0 Å². The van der Waals surface area contributed by atoms with E-state index in [-0.39, 0.29) is 5.56 Å². The molecule has 0 atom stereocenters. The van der Waals surface area contributed by atoms with Crippen LogP contribution in [-0.2, 0) is 6.54 Å². The normalized spacial score (nSPS) is 11.5. The fourth-order valence-corrected chi connectivity index (χ4v) is 2.67. The molecule has 2 aromatic heterocycles. The highest BCUT2D eigenvalue weighted by Gasteiger charge is 2.12. The van der Waals surface area contributed by atoms with Crippen molar-refractivity contribution in [1.29, 1.82) is 0 Å². The van der Waals surface area contributed by atoms with Gasteiger partial charge in [0.1, 0.15) is 0 Å². The molecule has 0 saturated carbocycles. The van der Waals surface area contributed by atoms with Crippen molar-refractivity contribution in [3.05, 3.63) is 57.6 Å². The predicted octanol–water partition coefficient (Wildman–Crippen LogP) is 2.69. The highest BCUT2D eigenvalue weighted by atomic mass is 35.5. The molecule has 0 spiro atoms. The zero-order chi connectivity index (χ0) is 16.6. The Morgan fingerprint density at radius 3 is 2.57 bits per heavy atom. The smallest absolute Gasteiger partial charge is 0.259 e. The highest BCUT2D eigenvalue weighted by Crippen LogP contribution is 2.21. The van der Waals surface area contributed by atoms with Gasteiger partial charge in [-0.25, -0.2) is 4.98 Å². The maximum absolute atomic E-state index is 12.3. The Balaban J connectivity index is 2.13. The van der Waals surface area contributed by atoms with Crippen LogP contribution in [0.25, 0.3) is 17.0 Å². The van der Waals surface area contributed by atoms with Gasteiger partial charge < -0.3 is 9.47 Å². The number of benzene rings is 1. The van der Waals surface area contributed by atoms with Gasteiger partial charge in [0.2, 0.25) is 5.78 Å². The molecule has 2 heterocycles. The van der Waals surface area contributed by atoms with Crippen LogP contribution in [0.4, 0.5) is 0 Å². The van der Waals surface area contributed by atoms with Gasteiger partial charge in [0.15, 0.2) is 0 Å². The van der Waals surface area contributed by atoms with Crippen molar-refractivity contribution in [3.8, 4) is 11.3 Å². The van der Waals surface area contributed by atoms with Crippen molar-refractivity contribution >= 4 is 17.4 Å². The SMILES string of the molecule is Cc1cc(=O)n2cc(-c3ccc(Cl)cc3)nc2n1CCN(C)C. The molecule has 0 amide bonds. The van der Waals surface area contributed by atoms with E-state index in [0.717, 1.165) is 30.0 Å². The van der Waals surface area contributed by atoms with E-state index >= 15 is 0 Å². The van der Waals surface area contributed by atoms with Crippen LogP contribution >= 0.6 is 11.6 Å². The van der Waals surface area contributed by atoms with E-state index in [2.05, 4.69) is 14.5 Å². The average molecular weight is 331 g/mol. The first kappa shape index (κ1) is 15.8. The minimum atomic E-state index is -0.0636. The van der Waals surface area contributed by atoms with Crippen molar-refractivity contribution in [2.24, 2.45) is 0 Å². The number of nitrogens with zero attached hydrogens (tertiary/aromatic N) is 4. The third-order valence-corrected chi connectivity index (χ3v) is 4.09. The quantitative estimate of drug-likeness (QED) is 0.738. The van der Waals surface area contributed by atoms with Gasteiger partial charge in [-0.2, -0.15) is 0 Å². The molecule has 0 aliphatic carbocycles. The zero-order valence-electron chi connectivity index (χ0n) is 13.5. The summed E-state index contributed by atoms with van der Waals surface area (Å²) in [7, 11) is 4.06. The van der Waals surface area contributed by atoms with Gasteiger partial charge in [-0.3, -0.25) is 9.20 Å². The first-order chi connectivity index (χ1) is 11.0. The third-order valence-electron chi connectivity index (χ3n) is 3.84. The van der Waals surface area contributed by atoms with Gasteiger partial charge in [0, 0.05) is 41.6 Å². The molecular weight excluding hydrogens is 312 g/mol. The number of halogens is 1. The molecule has 23 heavy (non-hydrogen) atoms. The second kappa shape index (κ2) is 6.18. The van der Waals surface area contributed by atoms with Crippen LogP contribution in [0.15, 0.2) is 41.3 Å². The third kappa shape index (κ3) is 3.16. The molecule has 0 aliphatic heterocycles. The number of fused-ring (bicyclic) bond motifs is 1. The van der Waals surface area contributed by atoms with Crippen LogP contribution < -0.4 is 5.56 Å². The molecule has 1 aromatic carbocycles. The zero-order valence-corrected chi connectivity index (χ0v) is 14.2. The number of rotatable bonds is 4. The number of hydrogen-bond acceptors (Lipinski definition) is 3. The maximum atomic E-state index is 12.3. The molecule has 0 unspecified atom stereocenters. The van der Waals surface area contributed by atoms with Crippen LogP contribution in [-0.4, -0.2) is 39.5 Å². The maximum Gasteiger partial charge on any atom is 0.259 e. The Kier molecular flexibility index (Phi) is 4.24. The topological polar surface area (TPSA) is 42.5 Å². The number of hydrogen-bond donors (Lipinski definition) is 0. The predicted molar refractivity (Wildman–Crippen MR) is 93.2 cm³/mol. The fraction of sp³-hybridized carbons (Fsp3) is 0.294. The summed E-state index contributed by atoms with van der Waals surface area (Å²) in [5.74, 6) is 0.668. The van der Waals surface area contributed by atoms with Crippen LogP contribution in [0.3, 0.4) is 0 Å². The van der Waals surface area contributed by atoms with Crippen molar-refractivity contribution in [2.45, 2.75) is 13.5 Å². The van der Waals surface area contributed by atoms with Gasteiger partial charge >= 0.3 is 0 Å². The molecule has 3 aromatic rings. The summed E-state index contributed by atoms with van der Waals surface area (Å²) in [6.45, 7) is 3.59. The van der Waals surface area contributed by atoms with Crippen molar-refractivity contribution in [1.82, 2.24) is 18.9 Å². The number of imidazole rings is 1. The second-order valence-electron chi connectivity index (χ2n) is 5.88. The van der Waals surface area contributed by atoms with Crippen molar-refractivity contribution < 1.29 is 0 Å². The van der Waals surface area contributed by atoms with Gasteiger partial charge in [0.25, 0.3) is 5.56 Å². The standard InChI is InChI=1S/C17H19ClN4O/c1-12-10-16(23)22-11-15(13-4-6-14(18)7-5-13)19-17(22)21(12)9-8-20(2)3/h4-7,10-11H,8-9H2,1-3H3. The Hall–Kier alpha value is -2.11. The number of aryl methyl sites for hydroxylation is 1.